The van der Waals surface area contributed by atoms with Gasteiger partial charge >= 0.3 is 145 Å². The molecule has 5 aliphatic heterocycles. The van der Waals surface area contributed by atoms with Gasteiger partial charge < -0.3 is 40.2 Å². The van der Waals surface area contributed by atoms with Crippen molar-refractivity contribution in [2.24, 2.45) is 9.98 Å². The average Bonchev–Trinajstić information content (AvgIpc) is 4.07. The van der Waals surface area contributed by atoms with E-state index in [1.54, 1.807) is 6.20 Å². The number of nitrogens with zero attached hydrogens (tertiary/aromatic N) is 8. The number of carbonyl (C=O) groups is 1. The molecule has 0 atom stereocenters. The number of aromatic nitrogens is 4. The first-order valence-electron chi connectivity index (χ1n) is 22.5. The van der Waals surface area contributed by atoms with E-state index in [0.29, 0.717) is 0 Å². The molecule has 5 aliphatic rings. The number of pyridine rings is 4. The van der Waals surface area contributed by atoms with Crippen molar-refractivity contribution in [3.05, 3.63) is 160 Å². The minimum absolute atomic E-state index is 0. The van der Waals surface area contributed by atoms with Gasteiger partial charge in [0.1, 0.15) is 11.6 Å². The van der Waals surface area contributed by atoms with Gasteiger partial charge in [-0.3, -0.25) is 24.7 Å². The van der Waals surface area contributed by atoms with E-state index < -0.39 is 0 Å². The van der Waals surface area contributed by atoms with Gasteiger partial charge in [-0.2, -0.15) is 0 Å². The van der Waals surface area contributed by atoms with Gasteiger partial charge in [0.25, 0.3) is 6.47 Å². The van der Waals surface area contributed by atoms with E-state index in [1.165, 1.54) is 22.3 Å². The number of anilines is 2. The van der Waals surface area contributed by atoms with Crippen LogP contribution in [0.5, 0.6) is 0 Å². The predicted molar refractivity (Wildman–Crippen MR) is 265 cm³/mol. The third kappa shape index (κ3) is 14.6. The molecule has 0 unspecified atom stereocenters. The number of hydrogen-bond acceptors (Lipinski definition) is 15. The molecule has 0 saturated carbocycles. The molecule has 70 heavy (non-hydrogen) atoms. The van der Waals surface area contributed by atoms with Gasteiger partial charge in [-0.1, -0.05) is 46.3 Å². The van der Waals surface area contributed by atoms with E-state index in [0.717, 1.165) is 121 Å². The van der Waals surface area contributed by atoms with Gasteiger partial charge in [0.2, 0.25) is 0 Å². The summed E-state index contributed by atoms with van der Waals surface area (Å²) in [5.74, 6) is 2.00. The van der Waals surface area contributed by atoms with Gasteiger partial charge in [0, 0.05) is 83.3 Å². The first kappa shape index (κ1) is 57.2. The molecule has 15 nitrogen and oxygen atoms in total. The molecule has 6 aromatic rings. The minimum atomic E-state index is -0.351. The number of benzene rings is 2. The minimum Gasteiger partial charge on any atom is -1.00 e. The predicted octanol–water partition coefficient (Wildman–Crippen LogP) is 0.299. The van der Waals surface area contributed by atoms with Crippen LogP contribution in [0, 0.1) is 0 Å². The number of hydrogen-bond donors (Lipinski definition) is 0. The summed E-state index contributed by atoms with van der Waals surface area (Å²) in [6.07, 6.45) is 7.33. The second kappa shape index (κ2) is 27.4. The molecular weight excluding hydrogens is 1190 g/mol. The number of carbonyl (C=O) groups excluding carboxylic acids is 1. The van der Waals surface area contributed by atoms with Crippen LogP contribution in [0.25, 0.3) is 11.3 Å². The quantitative estimate of drug-likeness (QED) is 0.0928. The van der Waals surface area contributed by atoms with Crippen molar-refractivity contribution in [3.63, 3.8) is 0 Å². The van der Waals surface area contributed by atoms with Crippen LogP contribution in [-0.2, 0) is 41.6 Å². The molecule has 2 aromatic carbocycles. The van der Waals surface area contributed by atoms with Crippen molar-refractivity contribution >= 4 is 58.2 Å². The molecule has 0 bridgehead atoms. The molecule has 3 fully saturated rings. The van der Waals surface area contributed by atoms with Crippen LogP contribution in [0.15, 0.2) is 136 Å². The maximum absolute atomic E-state index is 8.64. The molecule has 9 heterocycles. The normalized spacial score (nSPS) is 16.9. The molecule has 11 rings (SSSR count). The number of halogens is 1. The van der Waals surface area contributed by atoms with Gasteiger partial charge in [-0.15, -0.1) is 0 Å². The Morgan fingerprint density at radius 1 is 0.629 bits per heavy atom. The summed E-state index contributed by atoms with van der Waals surface area (Å²) in [6, 6.07) is 33.0. The van der Waals surface area contributed by atoms with E-state index in [-0.39, 0.29) is 164 Å². The van der Waals surface area contributed by atoms with E-state index in [9.17, 15) is 0 Å². The Labute approximate surface area is 537 Å². The van der Waals surface area contributed by atoms with Crippen molar-refractivity contribution in [1.29, 1.82) is 0 Å². The molecule has 4 aromatic heterocycles. The Balaban J connectivity index is 0.000000193. The third-order valence-electron chi connectivity index (χ3n) is 12.4. The maximum atomic E-state index is 8.64. The number of rotatable bonds is 7. The Morgan fingerprint density at radius 3 is 1.61 bits per heavy atom. The second-order valence-corrected chi connectivity index (χ2v) is 18.2. The summed E-state index contributed by atoms with van der Waals surface area (Å²) < 4.78 is 23.7. The first-order valence-corrected chi connectivity index (χ1v) is 23.3. The molecule has 0 aliphatic carbocycles. The Kier molecular flexibility index (Phi) is 22.4. The van der Waals surface area contributed by atoms with Gasteiger partial charge in [-0.05, 0) is 106 Å². The molecule has 0 spiro atoms. The van der Waals surface area contributed by atoms with Gasteiger partial charge in [-0.25, -0.2) is 9.97 Å². The van der Waals surface area contributed by atoms with Crippen molar-refractivity contribution in [3.8, 4) is 11.3 Å². The molecule has 0 radical (unpaired) electrons. The van der Waals surface area contributed by atoms with E-state index in [4.69, 9.17) is 38.8 Å². The Hall–Kier alpha value is -2.10. The second-order valence-electron chi connectivity index (χ2n) is 17.3. The maximum Gasteiger partial charge on any atom is 1.00 e. The van der Waals surface area contributed by atoms with Gasteiger partial charge in [0.05, 0.1) is 73.4 Å². The van der Waals surface area contributed by atoms with Crippen LogP contribution in [0.2, 0.25) is 0 Å². The summed E-state index contributed by atoms with van der Waals surface area (Å²) in [5.41, 5.74) is 11.6. The van der Waals surface area contributed by atoms with E-state index in [1.807, 2.05) is 94.8 Å². The first-order chi connectivity index (χ1) is 33.0. The molecular formula is C51H54BBrCs2N8O7. The van der Waals surface area contributed by atoms with Crippen molar-refractivity contribution in [2.45, 2.75) is 52.0 Å². The SMILES string of the molecule is Brc1ccc2c(c1)C(c1ccnc(N3CCOCC3)c1)=NC2.CC1(C)OB(c2ccccn2)OC1(C)C.O=CO[O-].[Cs+].[Cs+].[H-].c1ccc(-c2ccc3c(c2)C(c2ccnc(N4CCOCC4)c2)=NC3)nc1. The van der Waals surface area contributed by atoms with Crippen molar-refractivity contribution < 1.29 is 173 Å². The molecule has 19 heteroatoms. The van der Waals surface area contributed by atoms with Crippen LogP contribution in [0.4, 0.5) is 11.6 Å². The average molecular weight is 1250 g/mol. The largest absolute Gasteiger partial charge is 1.00 e. The fourth-order valence-corrected chi connectivity index (χ4v) is 8.43. The monoisotopic (exact) mass is 1250 g/mol. The molecule has 3 saturated heterocycles. The molecule has 0 amide bonds. The van der Waals surface area contributed by atoms with Crippen LogP contribution >= 0.6 is 15.9 Å². The fraction of sp³-hybridized carbons (Fsp3) is 0.314. The number of morpholine rings is 2. The topological polar surface area (TPSA) is 169 Å². The van der Waals surface area contributed by atoms with E-state index >= 15 is 0 Å². The van der Waals surface area contributed by atoms with Crippen LogP contribution in [0.3, 0.4) is 0 Å². The van der Waals surface area contributed by atoms with Crippen molar-refractivity contribution in [1.82, 2.24) is 19.9 Å². The van der Waals surface area contributed by atoms with Crippen LogP contribution in [-0.4, -0.2) is 109 Å². The van der Waals surface area contributed by atoms with Crippen LogP contribution < -0.4 is 158 Å². The summed E-state index contributed by atoms with van der Waals surface area (Å²) in [7, 11) is -0.351. The fourth-order valence-electron chi connectivity index (χ4n) is 8.07. The zero-order valence-electron chi connectivity index (χ0n) is 41.6. The Morgan fingerprint density at radius 2 is 1.13 bits per heavy atom. The smallest absolute Gasteiger partial charge is 1.00 e. The standard InChI is InChI=1S/C22H20N4O.C17H16BrN3O.C11H16BNO2.CH2O3.2Cs.H/c1-2-7-23-20(3-1)16-4-5-18-15-25-22(19(18)13-16)17-6-8-24-21(14-17)26-9-11-27-12-10-26;18-14-2-1-13-11-20-17(15(13)10-14)12-3-4-19-16(9-12)21-5-7-22-8-6-21;1-10(2)11(3,4)15-12(14-10)9-7-5-6-8-13-9;2-1-4-3;;;/h1-8,13-14H,9-12,15H2;1-4,9-10H,5-8,11H2;5-8H,1-4H3;1,3H;;;/q;;;;2*+1;-1/p-1. The van der Waals surface area contributed by atoms with Crippen molar-refractivity contribution in [2.75, 3.05) is 62.4 Å². The van der Waals surface area contributed by atoms with Gasteiger partial charge in [0.15, 0.2) is 0 Å². The zero-order chi connectivity index (χ0) is 47.5. The number of ether oxygens (including phenoxy) is 2. The third-order valence-corrected chi connectivity index (χ3v) is 12.9. The Bertz CT molecular complexity index is 2720. The summed E-state index contributed by atoms with van der Waals surface area (Å²) in [6.45, 7) is 16.0. The molecule has 0 N–H and O–H groups in total. The van der Waals surface area contributed by atoms with Crippen LogP contribution in [0.1, 0.15) is 62.5 Å². The molecule has 352 valence electrons. The summed E-state index contributed by atoms with van der Waals surface area (Å²) >= 11 is 3.55. The summed E-state index contributed by atoms with van der Waals surface area (Å²) in [4.78, 5) is 43.1. The number of aliphatic imine (C=N–C) groups is 2. The summed E-state index contributed by atoms with van der Waals surface area (Å²) in [5, 5.41) is 8.43. The number of fused-ring (bicyclic) bond motifs is 2. The van der Waals surface area contributed by atoms with E-state index in [2.05, 4.69) is 99.1 Å². The zero-order valence-corrected chi connectivity index (χ0v) is 54.7.